The predicted molar refractivity (Wildman–Crippen MR) is 66.6 cm³/mol. The Balaban J connectivity index is 1.49. The molecule has 1 N–H and O–H groups in total. The molecule has 1 aromatic rings. The van der Waals surface area contributed by atoms with Gasteiger partial charge in [0, 0.05) is 18.2 Å². The lowest BCUT2D eigenvalue weighted by atomic mass is 10.2. The first-order valence-corrected chi connectivity index (χ1v) is 6.38. The van der Waals surface area contributed by atoms with Gasteiger partial charge < -0.3 is 24.4 Å². The number of carbonyl (C=O) groups is 2. The van der Waals surface area contributed by atoms with E-state index in [0.29, 0.717) is 30.2 Å². The summed E-state index contributed by atoms with van der Waals surface area (Å²) >= 11 is 0. The maximum absolute atomic E-state index is 12.2. The number of rotatable bonds is 1. The van der Waals surface area contributed by atoms with Gasteiger partial charge in [-0.25, -0.2) is 9.59 Å². The van der Waals surface area contributed by atoms with E-state index >= 15 is 0 Å². The second-order valence-electron chi connectivity index (χ2n) is 4.96. The van der Waals surface area contributed by atoms with Crippen molar-refractivity contribution in [2.24, 2.45) is 0 Å². The number of benzene rings is 1. The van der Waals surface area contributed by atoms with Crippen LogP contribution in [0.2, 0.25) is 0 Å². The van der Waals surface area contributed by atoms with Crippen molar-refractivity contribution in [1.29, 1.82) is 0 Å². The SMILES string of the molecule is O=C1O[C@H]2C[C@@H]1N(C(=O)Nc1ccc3c(c1)OCO3)C2. The topological polar surface area (TPSA) is 77.1 Å². The van der Waals surface area contributed by atoms with E-state index in [2.05, 4.69) is 5.32 Å². The largest absolute Gasteiger partial charge is 0.459 e. The summed E-state index contributed by atoms with van der Waals surface area (Å²) in [6.45, 7) is 0.640. The molecule has 3 aliphatic heterocycles. The van der Waals surface area contributed by atoms with Crippen molar-refractivity contribution in [3.63, 3.8) is 0 Å². The van der Waals surface area contributed by atoms with E-state index in [0.717, 1.165) is 0 Å². The van der Waals surface area contributed by atoms with Crippen molar-refractivity contribution in [2.75, 3.05) is 18.7 Å². The normalized spacial score (nSPS) is 25.8. The van der Waals surface area contributed by atoms with Crippen LogP contribution in [0.4, 0.5) is 10.5 Å². The molecular weight excluding hydrogens is 264 g/mol. The van der Waals surface area contributed by atoms with Crippen LogP contribution in [-0.4, -0.2) is 42.4 Å². The monoisotopic (exact) mass is 276 g/mol. The number of ether oxygens (including phenoxy) is 3. The highest BCUT2D eigenvalue weighted by atomic mass is 16.7. The first-order chi connectivity index (χ1) is 9.70. The Morgan fingerprint density at radius 3 is 2.95 bits per heavy atom. The van der Waals surface area contributed by atoms with Gasteiger partial charge in [0.1, 0.15) is 12.1 Å². The lowest BCUT2D eigenvalue weighted by molar-refractivity contribution is -0.149. The fraction of sp³-hybridized carbons (Fsp3) is 0.385. The molecule has 2 amide bonds. The Kier molecular flexibility index (Phi) is 2.29. The molecule has 0 radical (unpaired) electrons. The summed E-state index contributed by atoms with van der Waals surface area (Å²) in [5.41, 5.74) is 0.607. The minimum Gasteiger partial charge on any atom is -0.459 e. The molecule has 2 bridgehead atoms. The van der Waals surface area contributed by atoms with Gasteiger partial charge in [-0.2, -0.15) is 0 Å². The van der Waals surface area contributed by atoms with Crippen LogP contribution in [-0.2, 0) is 9.53 Å². The van der Waals surface area contributed by atoms with E-state index in [-0.39, 0.29) is 24.9 Å². The van der Waals surface area contributed by atoms with Gasteiger partial charge in [0.05, 0.1) is 6.54 Å². The van der Waals surface area contributed by atoms with Crippen LogP contribution in [0.5, 0.6) is 11.5 Å². The number of urea groups is 1. The van der Waals surface area contributed by atoms with Crippen LogP contribution in [0.3, 0.4) is 0 Å². The third kappa shape index (κ3) is 1.66. The summed E-state index contributed by atoms with van der Waals surface area (Å²) in [6.07, 6.45) is 0.433. The third-order valence-electron chi connectivity index (χ3n) is 3.70. The molecule has 7 nitrogen and oxygen atoms in total. The van der Waals surface area contributed by atoms with Gasteiger partial charge in [-0.05, 0) is 12.1 Å². The highest BCUT2D eigenvalue weighted by molar-refractivity contribution is 5.94. The van der Waals surface area contributed by atoms with Crippen LogP contribution >= 0.6 is 0 Å². The van der Waals surface area contributed by atoms with E-state index in [1.165, 1.54) is 4.90 Å². The third-order valence-corrected chi connectivity index (χ3v) is 3.70. The average Bonchev–Trinajstić information content (AvgIpc) is 3.11. The first kappa shape index (κ1) is 11.4. The van der Waals surface area contributed by atoms with Crippen molar-refractivity contribution < 1.29 is 23.8 Å². The summed E-state index contributed by atoms with van der Waals surface area (Å²) in [4.78, 5) is 25.2. The average molecular weight is 276 g/mol. The molecule has 20 heavy (non-hydrogen) atoms. The number of morpholine rings is 1. The molecule has 2 saturated heterocycles. The maximum Gasteiger partial charge on any atom is 0.329 e. The second-order valence-corrected chi connectivity index (χ2v) is 4.96. The Bertz CT molecular complexity index is 602. The molecule has 4 rings (SSSR count). The van der Waals surface area contributed by atoms with E-state index < -0.39 is 6.04 Å². The van der Waals surface area contributed by atoms with Crippen molar-refractivity contribution >= 4 is 17.7 Å². The molecule has 7 heteroatoms. The predicted octanol–water partition coefficient (Wildman–Crippen LogP) is 0.947. The summed E-state index contributed by atoms with van der Waals surface area (Å²) in [6, 6.07) is 4.43. The Morgan fingerprint density at radius 2 is 2.15 bits per heavy atom. The Labute approximate surface area is 114 Å². The molecule has 104 valence electrons. The van der Waals surface area contributed by atoms with Gasteiger partial charge in [0.2, 0.25) is 6.79 Å². The van der Waals surface area contributed by atoms with Gasteiger partial charge in [0.25, 0.3) is 0 Å². The van der Waals surface area contributed by atoms with E-state index in [1.807, 2.05) is 0 Å². The van der Waals surface area contributed by atoms with Gasteiger partial charge in [-0.1, -0.05) is 0 Å². The lowest BCUT2D eigenvalue weighted by Crippen LogP contribution is -2.46. The zero-order chi connectivity index (χ0) is 13.7. The molecule has 0 unspecified atom stereocenters. The van der Waals surface area contributed by atoms with Crippen LogP contribution in [0.25, 0.3) is 0 Å². The molecule has 0 aliphatic carbocycles. The number of nitrogens with zero attached hydrogens (tertiary/aromatic N) is 1. The molecule has 3 aliphatic rings. The summed E-state index contributed by atoms with van der Waals surface area (Å²) in [5.74, 6) is 0.944. The quantitative estimate of drug-likeness (QED) is 0.773. The summed E-state index contributed by atoms with van der Waals surface area (Å²) < 4.78 is 15.5. The second kappa shape index (κ2) is 4.03. The molecule has 0 spiro atoms. The zero-order valence-electron chi connectivity index (χ0n) is 10.5. The molecule has 3 heterocycles. The minimum absolute atomic E-state index is 0.157. The minimum atomic E-state index is -0.450. The van der Waals surface area contributed by atoms with Crippen molar-refractivity contribution in [1.82, 2.24) is 4.90 Å². The molecule has 2 atom stereocenters. The molecule has 0 aromatic heterocycles. The molecule has 1 aromatic carbocycles. The number of hydrogen-bond donors (Lipinski definition) is 1. The number of anilines is 1. The van der Waals surface area contributed by atoms with Crippen molar-refractivity contribution in [2.45, 2.75) is 18.6 Å². The summed E-state index contributed by atoms with van der Waals surface area (Å²) in [7, 11) is 0. The van der Waals surface area contributed by atoms with Crippen LogP contribution in [0.1, 0.15) is 6.42 Å². The fourth-order valence-corrected chi connectivity index (χ4v) is 2.74. The van der Waals surface area contributed by atoms with E-state index in [4.69, 9.17) is 14.2 Å². The van der Waals surface area contributed by atoms with Crippen LogP contribution < -0.4 is 14.8 Å². The zero-order valence-corrected chi connectivity index (χ0v) is 10.5. The Hall–Kier alpha value is -2.44. The number of esters is 1. The van der Waals surface area contributed by atoms with E-state index in [1.54, 1.807) is 18.2 Å². The van der Waals surface area contributed by atoms with Gasteiger partial charge in [-0.3, -0.25) is 0 Å². The smallest absolute Gasteiger partial charge is 0.329 e. The van der Waals surface area contributed by atoms with Crippen LogP contribution in [0, 0.1) is 0 Å². The fourth-order valence-electron chi connectivity index (χ4n) is 2.74. The Morgan fingerprint density at radius 1 is 1.30 bits per heavy atom. The van der Waals surface area contributed by atoms with Gasteiger partial charge in [0.15, 0.2) is 11.5 Å². The number of fused-ring (bicyclic) bond motifs is 3. The number of hydrogen-bond acceptors (Lipinski definition) is 5. The number of amides is 2. The molecular formula is C13H12N2O5. The number of likely N-dealkylation sites (tertiary alicyclic amines) is 1. The number of nitrogens with one attached hydrogen (secondary N) is 1. The first-order valence-electron chi connectivity index (χ1n) is 6.38. The number of carbonyl (C=O) groups excluding carboxylic acids is 2. The van der Waals surface area contributed by atoms with Crippen LogP contribution in [0.15, 0.2) is 18.2 Å². The molecule has 0 saturated carbocycles. The van der Waals surface area contributed by atoms with Gasteiger partial charge >= 0.3 is 12.0 Å². The van der Waals surface area contributed by atoms with Crippen molar-refractivity contribution in [3.8, 4) is 11.5 Å². The highest BCUT2D eigenvalue weighted by Gasteiger charge is 2.48. The van der Waals surface area contributed by atoms with E-state index in [9.17, 15) is 9.59 Å². The summed E-state index contributed by atoms with van der Waals surface area (Å²) in [5, 5.41) is 2.76. The maximum atomic E-state index is 12.2. The highest BCUT2D eigenvalue weighted by Crippen LogP contribution is 2.35. The standard InChI is InChI=1S/C13H12N2O5/c16-12-9-4-8(20-12)5-15(9)13(17)14-7-1-2-10-11(3-7)19-6-18-10/h1-3,8-9H,4-6H2,(H,14,17)/t8-,9-/m0/s1. The molecule has 2 fully saturated rings. The van der Waals surface area contributed by atoms with Gasteiger partial charge in [-0.15, -0.1) is 0 Å². The van der Waals surface area contributed by atoms with Crippen molar-refractivity contribution in [3.05, 3.63) is 18.2 Å². The lowest BCUT2D eigenvalue weighted by Gasteiger charge is -2.25.